The van der Waals surface area contributed by atoms with Gasteiger partial charge in [-0.25, -0.2) is 0 Å². The minimum Gasteiger partial charge on any atom is -0.462 e. The van der Waals surface area contributed by atoms with Gasteiger partial charge in [0.05, 0.1) is 0 Å². The van der Waals surface area contributed by atoms with Crippen LogP contribution in [0.25, 0.3) is 0 Å². The van der Waals surface area contributed by atoms with Gasteiger partial charge in [-0.2, -0.15) is 0 Å². The Hall–Kier alpha value is -2.37. The quantitative estimate of drug-likeness (QED) is 0.0261. The summed E-state index contributed by atoms with van der Waals surface area (Å²) in [5.41, 5.74) is 0. The maximum Gasteiger partial charge on any atom is 0.306 e. The van der Waals surface area contributed by atoms with E-state index in [1.807, 2.05) is 0 Å². The third kappa shape index (κ3) is 66.3. The Bertz CT molecular complexity index is 1320. The Morgan fingerprint density at radius 3 is 0.709 bits per heavy atom. The van der Waals surface area contributed by atoms with Crippen molar-refractivity contribution >= 4 is 17.9 Å². The first-order valence-electron chi connectivity index (χ1n) is 35.5. The molecule has 0 aliphatic carbocycles. The van der Waals surface area contributed by atoms with E-state index >= 15 is 0 Å². The first kappa shape index (κ1) is 76.6. The number of hydrogen-bond donors (Lipinski definition) is 0. The van der Waals surface area contributed by atoms with Gasteiger partial charge in [-0.3, -0.25) is 14.4 Å². The van der Waals surface area contributed by atoms with E-state index in [0.29, 0.717) is 19.3 Å². The van der Waals surface area contributed by atoms with E-state index in [4.69, 9.17) is 14.2 Å². The Morgan fingerprint density at radius 1 is 0.253 bits per heavy atom. The number of unbranched alkanes of at least 4 members (excludes halogenated alkanes) is 49. The van der Waals surface area contributed by atoms with Gasteiger partial charge in [0.15, 0.2) is 6.10 Å². The van der Waals surface area contributed by atoms with Gasteiger partial charge in [-0.1, -0.05) is 353 Å². The van der Waals surface area contributed by atoms with E-state index in [1.165, 1.54) is 276 Å². The fraction of sp³-hybridized carbons (Fsp3) is 0.877. The number of ether oxygens (including phenoxy) is 3. The fourth-order valence-corrected chi connectivity index (χ4v) is 10.8. The summed E-state index contributed by atoms with van der Waals surface area (Å²) < 4.78 is 16.9. The molecule has 0 heterocycles. The third-order valence-corrected chi connectivity index (χ3v) is 16.1. The van der Waals surface area contributed by atoms with Crippen molar-refractivity contribution < 1.29 is 28.6 Å². The van der Waals surface area contributed by atoms with Crippen LogP contribution in [0.4, 0.5) is 0 Å². The molecule has 79 heavy (non-hydrogen) atoms. The minimum atomic E-state index is -0.776. The highest BCUT2D eigenvalue weighted by atomic mass is 16.6. The summed E-state index contributed by atoms with van der Waals surface area (Å²) in [6.45, 7) is 6.67. The fourth-order valence-electron chi connectivity index (χ4n) is 10.8. The van der Waals surface area contributed by atoms with Crippen LogP contribution >= 0.6 is 0 Å². The smallest absolute Gasteiger partial charge is 0.306 e. The number of rotatable bonds is 66. The molecule has 0 N–H and O–H groups in total. The Balaban J connectivity index is 4.12. The molecule has 0 aromatic heterocycles. The second-order valence-electron chi connectivity index (χ2n) is 24.2. The van der Waals surface area contributed by atoms with E-state index in [9.17, 15) is 14.4 Å². The summed E-state index contributed by atoms with van der Waals surface area (Å²) in [5.74, 6) is -0.861. The molecule has 0 aromatic carbocycles. The number of hydrogen-bond acceptors (Lipinski definition) is 6. The van der Waals surface area contributed by atoms with Crippen LogP contribution in [0.2, 0.25) is 0 Å². The third-order valence-electron chi connectivity index (χ3n) is 16.1. The van der Waals surface area contributed by atoms with Crippen molar-refractivity contribution in [3.05, 3.63) is 36.5 Å². The average molecular weight is 1110 g/mol. The zero-order valence-electron chi connectivity index (χ0n) is 53.4. The SMILES string of the molecule is CCCCCCC/C=C\C/C=C\C/C=C\CCCCCCCCC(=O)OC(COC(=O)CCCCCCCCCCCC)COC(=O)CCCCCCCCCCCCCCCCCCCCCCCCCCCCCCCC. The summed E-state index contributed by atoms with van der Waals surface area (Å²) >= 11 is 0. The monoisotopic (exact) mass is 1110 g/mol. The molecule has 0 bridgehead atoms. The van der Waals surface area contributed by atoms with Crippen molar-refractivity contribution in [1.82, 2.24) is 0 Å². The molecule has 0 amide bonds. The maximum atomic E-state index is 12.9. The summed E-state index contributed by atoms with van der Waals surface area (Å²) in [6.07, 6.45) is 84.8. The van der Waals surface area contributed by atoms with E-state index in [-0.39, 0.29) is 31.1 Å². The molecule has 0 rings (SSSR count). The highest BCUT2D eigenvalue weighted by Crippen LogP contribution is 2.19. The van der Waals surface area contributed by atoms with Crippen LogP contribution in [0.15, 0.2) is 36.5 Å². The predicted octanol–water partition coefficient (Wildman–Crippen LogP) is 24.3. The van der Waals surface area contributed by atoms with Crippen LogP contribution in [0.1, 0.15) is 393 Å². The molecule has 0 spiro atoms. The van der Waals surface area contributed by atoms with Crippen molar-refractivity contribution in [3.63, 3.8) is 0 Å². The standard InChI is InChI=1S/C73H136O6/c1-4-7-10-13-16-19-22-24-26-28-30-32-33-34-35-36-37-38-39-40-42-43-45-47-49-51-54-57-60-63-66-72(75)78-69-70(68-77-71(74)65-62-59-56-53-21-18-15-12-9-6-3)79-73(76)67-64-61-58-55-52-50-48-46-44-41-31-29-27-25-23-20-17-14-11-8-5-2/h23,25,29,31,44,46,70H,4-22,24,26-28,30,32-43,45,47-69H2,1-3H3/b25-23-,31-29-,46-44-. The number of esters is 3. The molecule has 6 nitrogen and oxygen atoms in total. The topological polar surface area (TPSA) is 78.9 Å². The molecule has 0 radical (unpaired) electrons. The van der Waals surface area contributed by atoms with Crippen molar-refractivity contribution in [2.75, 3.05) is 13.2 Å². The summed E-state index contributed by atoms with van der Waals surface area (Å²) in [5, 5.41) is 0. The molecule has 1 unspecified atom stereocenters. The zero-order chi connectivity index (χ0) is 57.1. The second-order valence-corrected chi connectivity index (χ2v) is 24.2. The maximum absolute atomic E-state index is 12.9. The lowest BCUT2D eigenvalue weighted by atomic mass is 10.0. The summed E-state index contributed by atoms with van der Waals surface area (Å²) in [4.78, 5) is 38.3. The predicted molar refractivity (Wildman–Crippen MR) is 344 cm³/mol. The molecule has 1 atom stereocenters. The average Bonchev–Trinajstić information content (AvgIpc) is 3.45. The Kier molecular flexibility index (Phi) is 66.1. The molecule has 0 aliphatic heterocycles. The Labute approximate surface area is 493 Å². The molecule has 0 aromatic rings. The first-order chi connectivity index (χ1) is 39.0. The molecular formula is C73H136O6. The zero-order valence-corrected chi connectivity index (χ0v) is 53.4. The lowest BCUT2D eigenvalue weighted by Gasteiger charge is -2.18. The van der Waals surface area contributed by atoms with Crippen LogP contribution in [0.3, 0.4) is 0 Å². The highest BCUT2D eigenvalue weighted by molar-refractivity contribution is 5.71. The lowest BCUT2D eigenvalue weighted by Crippen LogP contribution is -2.30. The number of carbonyl (C=O) groups is 3. The van der Waals surface area contributed by atoms with Gasteiger partial charge in [-0.05, 0) is 57.8 Å². The van der Waals surface area contributed by atoms with Crippen molar-refractivity contribution in [2.24, 2.45) is 0 Å². The molecule has 0 saturated carbocycles. The van der Waals surface area contributed by atoms with Crippen molar-refractivity contribution in [2.45, 2.75) is 399 Å². The van der Waals surface area contributed by atoms with E-state index < -0.39 is 6.10 Å². The number of carbonyl (C=O) groups excluding carboxylic acids is 3. The normalized spacial score (nSPS) is 12.2. The van der Waals surface area contributed by atoms with Crippen molar-refractivity contribution in [1.29, 1.82) is 0 Å². The summed E-state index contributed by atoms with van der Waals surface area (Å²) in [6, 6.07) is 0. The largest absolute Gasteiger partial charge is 0.462 e. The molecule has 6 heteroatoms. The minimum absolute atomic E-state index is 0.0723. The van der Waals surface area contributed by atoms with Crippen LogP contribution in [-0.4, -0.2) is 37.2 Å². The van der Waals surface area contributed by atoms with Crippen LogP contribution in [0.5, 0.6) is 0 Å². The second kappa shape index (κ2) is 68.1. The Morgan fingerprint density at radius 2 is 0.456 bits per heavy atom. The van der Waals surface area contributed by atoms with E-state index in [2.05, 4.69) is 57.2 Å². The molecule has 0 aliphatic rings. The van der Waals surface area contributed by atoms with Gasteiger partial charge in [0.1, 0.15) is 13.2 Å². The van der Waals surface area contributed by atoms with Crippen LogP contribution in [-0.2, 0) is 28.6 Å². The van der Waals surface area contributed by atoms with Gasteiger partial charge in [-0.15, -0.1) is 0 Å². The molecule has 0 saturated heterocycles. The highest BCUT2D eigenvalue weighted by Gasteiger charge is 2.19. The molecular weight excluding hydrogens is 973 g/mol. The molecule has 0 fully saturated rings. The van der Waals surface area contributed by atoms with E-state index in [1.54, 1.807) is 0 Å². The van der Waals surface area contributed by atoms with Gasteiger partial charge in [0.2, 0.25) is 0 Å². The summed E-state index contributed by atoms with van der Waals surface area (Å²) in [7, 11) is 0. The van der Waals surface area contributed by atoms with Gasteiger partial charge >= 0.3 is 17.9 Å². The van der Waals surface area contributed by atoms with Crippen molar-refractivity contribution in [3.8, 4) is 0 Å². The van der Waals surface area contributed by atoms with Crippen LogP contribution in [0, 0.1) is 0 Å². The van der Waals surface area contributed by atoms with Gasteiger partial charge < -0.3 is 14.2 Å². The van der Waals surface area contributed by atoms with E-state index in [0.717, 1.165) is 77.0 Å². The van der Waals surface area contributed by atoms with Gasteiger partial charge in [0, 0.05) is 19.3 Å². The number of allylic oxidation sites excluding steroid dienone is 6. The first-order valence-corrected chi connectivity index (χ1v) is 35.5. The molecule has 464 valence electrons. The van der Waals surface area contributed by atoms with Crippen LogP contribution < -0.4 is 0 Å². The van der Waals surface area contributed by atoms with Gasteiger partial charge in [0.25, 0.3) is 0 Å². The lowest BCUT2D eigenvalue weighted by molar-refractivity contribution is -0.167.